The van der Waals surface area contributed by atoms with E-state index in [1.54, 1.807) is 0 Å². The molecule has 0 saturated carbocycles. The first-order chi connectivity index (χ1) is 14.4. The predicted octanol–water partition coefficient (Wildman–Crippen LogP) is 10.8. The number of carbonyl (C=O) groups is 1. The van der Waals surface area contributed by atoms with Crippen LogP contribution in [0.4, 0.5) is 0 Å². The second-order valence-electron chi connectivity index (χ2n) is 5.58. The second kappa shape index (κ2) is 9.97. The van der Waals surface area contributed by atoms with Gasteiger partial charge in [-0.1, -0.05) is 116 Å². The van der Waals surface area contributed by atoms with Gasteiger partial charge in [0.15, 0.2) is 5.69 Å². The number of aromatic nitrogens is 1. The fourth-order valence-electron chi connectivity index (χ4n) is 2.43. The van der Waals surface area contributed by atoms with Gasteiger partial charge in [0.05, 0.1) is 67.8 Å². The number of methoxy groups -OCH3 is 1. The second-order valence-corrected chi connectivity index (χ2v) is 10.4. The van der Waals surface area contributed by atoms with Crippen LogP contribution in [0.25, 0.3) is 21.0 Å². The summed E-state index contributed by atoms with van der Waals surface area (Å²) in [4.78, 5) is 17.0. The van der Waals surface area contributed by atoms with Gasteiger partial charge in [-0.15, -0.1) is 11.3 Å². The van der Waals surface area contributed by atoms with E-state index in [-0.39, 0.29) is 76.9 Å². The van der Waals surface area contributed by atoms with Gasteiger partial charge in [-0.05, 0) is 0 Å². The zero-order chi connectivity index (χ0) is 23.4. The van der Waals surface area contributed by atoms with Crippen LogP contribution >= 0.6 is 127 Å². The van der Waals surface area contributed by atoms with Gasteiger partial charge >= 0.3 is 5.97 Å². The SMILES string of the molecule is COC(=O)c1nc(-c2c(Cl)c(Cl)c(Cl)c(Cl)c2Cl)sc1-c1c(Cl)c(Cl)c(Cl)c(Cl)c1Cl. The van der Waals surface area contributed by atoms with Gasteiger partial charge in [0.25, 0.3) is 0 Å². The minimum atomic E-state index is -0.801. The molecule has 1 aromatic heterocycles. The Bertz CT molecular complexity index is 1200. The number of ether oxygens (including phenoxy) is 1. The van der Waals surface area contributed by atoms with Crippen molar-refractivity contribution in [3.63, 3.8) is 0 Å². The van der Waals surface area contributed by atoms with E-state index >= 15 is 0 Å². The molecule has 0 aliphatic carbocycles. The van der Waals surface area contributed by atoms with E-state index in [0.29, 0.717) is 0 Å². The van der Waals surface area contributed by atoms with Crippen LogP contribution in [0, 0.1) is 0 Å². The number of carbonyl (C=O) groups excluding carboxylic acids is 1. The van der Waals surface area contributed by atoms with Gasteiger partial charge in [0, 0.05) is 5.56 Å². The van der Waals surface area contributed by atoms with Crippen LogP contribution in [0.5, 0.6) is 0 Å². The number of halogens is 10. The molecule has 3 rings (SSSR count). The molecule has 14 heteroatoms. The van der Waals surface area contributed by atoms with Crippen molar-refractivity contribution in [3.8, 4) is 21.0 Å². The highest BCUT2D eigenvalue weighted by Gasteiger charge is 2.30. The van der Waals surface area contributed by atoms with E-state index in [4.69, 9.17) is 121 Å². The summed E-state index contributed by atoms with van der Waals surface area (Å²) in [5, 5.41) is -0.293. The number of thiazole rings is 1. The highest BCUT2D eigenvalue weighted by Crippen LogP contribution is 2.53. The number of hydrogen-bond acceptors (Lipinski definition) is 4. The van der Waals surface area contributed by atoms with Gasteiger partial charge < -0.3 is 4.74 Å². The zero-order valence-corrected chi connectivity index (χ0v) is 22.8. The maximum absolute atomic E-state index is 12.5. The van der Waals surface area contributed by atoms with E-state index in [2.05, 4.69) is 4.98 Å². The van der Waals surface area contributed by atoms with E-state index in [9.17, 15) is 4.79 Å². The normalized spacial score (nSPS) is 11.2. The first-order valence-electron chi connectivity index (χ1n) is 7.56. The molecule has 0 amide bonds. The molecule has 2 aromatic carbocycles. The molecule has 0 aliphatic heterocycles. The topological polar surface area (TPSA) is 39.2 Å². The summed E-state index contributed by atoms with van der Waals surface area (Å²) in [6.07, 6.45) is 0. The Kier molecular flexibility index (Phi) is 8.38. The minimum absolute atomic E-state index is 0.0258. The summed E-state index contributed by atoms with van der Waals surface area (Å²) >= 11 is 63.2. The van der Waals surface area contributed by atoms with Crippen LogP contribution in [-0.4, -0.2) is 18.1 Å². The molecule has 0 spiro atoms. The maximum Gasteiger partial charge on any atom is 0.358 e. The van der Waals surface area contributed by atoms with Crippen molar-refractivity contribution in [2.45, 2.75) is 0 Å². The largest absolute Gasteiger partial charge is 0.464 e. The Hall–Kier alpha value is 0.440. The van der Waals surface area contributed by atoms with Crippen LogP contribution in [0.3, 0.4) is 0 Å². The third-order valence-electron chi connectivity index (χ3n) is 3.87. The van der Waals surface area contributed by atoms with E-state index in [1.165, 1.54) is 7.11 Å². The quantitative estimate of drug-likeness (QED) is 0.163. The highest BCUT2D eigenvalue weighted by atomic mass is 35.5. The molecule has 0 unspecified atom stereocenters. The van der Waals surface area contributed by atoms with Crippen LogP contribution in [0.1, 0.15) is 10.5 Å². The summed E-state index contributed by atoms with van der Waals surface area (Å²) in [7, 11) is 1.17. The monoisotopic (exact) mass is 635 g/mol. The molecule has 0 fully saturated rings. The molecule has 0 N–H and O–H groups in total. The Morgan fingerprint density at radius 2 is 1.00 bits per heavy atom. The van der Waals surface area contributed by atoms with Gasteiger partial charge in [-0.25, -0.2) is 9.78 Å². The van der Waals surface area contributed by atoms with E-state index in [1.807, 2.05) is 0 Å². The van der Waals surface area contributed by atoms with Gasteiger partial charge in [0.2, 0.25) is 0 Å². The Morgan fingerprint density at radius 3 is 1.39 bits per heavy atom. The fourth-order valence-corrected chi connectivity index (χ4v) is 6.47. The number of nitrogens with zero attached hydrogens (tertiary/aromatic N) is 1. The molecule has 3 nitrogen and oxygen atoms in total. The highest BCUT2D eigenvalue weighted by molar-refractivity contribution is 7.19. The molecule has 31 heavy (non-hydrogen) atoms. The minimum Gasteiger partial charge on any atom is -0.464 e. The Balaban J connectivity index is 2.43. The molecule has 0 radical (unpaired) electrons. The van der Waals surface area contributed by atoms with Crippen molar-refractivity contribution in [2.24, 2.45) is 0 Å². The summed E-state index contributed by atoms with van der Waals surface area (Å²) in [6, 6.07) is 0. The van der Waals surface area contributed by atoms with Gasteiger partial charge in [0.1, 0.15) is 5.01 Å². The predicted molar refractivity (Wildman–Crippen MR) is 134 cm³/mol. The Morgan fingerprint density at radius 1 is 0.645 bits per heavy atom. The van der Waals surface area contributed by atoms with Crippen molar-refractivity contribution in [2.75, 3.05) is 7.11 Å². The van der Waals surface area contributed by atoms with Crippen LogP contribution in [0.15, 0.2) is 0 Å². The third kappa shape index (κ3) is 4.44. The summed E-state index contributed by atoms with van der Waals surface area (Å²) in [5.41, 5.74) is 0.0999. The average molecular weight is 640 g/mol. The first kappa shape index (κ1) is 26.1. The lowest BCUT2D eigenvalue weighted by atomic mass is 10.1. The molecule has 0 bridgehead atoms. The fraction of sp³-hybridized carbons (Fsp3) is 0.0588. The molecule has 0 saturated heterocycles. The molecule has 3 aromatic rings. The zero-order valence-electron chi connectivity index (χ0n) is 14.5. The number of hydrogen-bond donors (Lipinski definition) is 0. The molecule has 1 heterocycles. The first-order valence-corrected chi connectivity index (χ1v) is 12.2. The molecular formula is C17H3Cl10NO2S. The Labute approximate surface area is 229 Å². The summed E-state index contributed by atoms with van der Waals surface area (Å²) < 4.78 is 4.83. The van der Waals surface area contributed by atoms with Crippen LogP contribution in [-0.2, 0) is 4.74 Å². The lowest BCUT2D eigenvalue weighted by Gasteiger charge is -2.12. The van der Waals surface area contributed by atoms with Crippen molar-refractivity contribution in [1.29, 1.82) is 0 Å². The smallest absolute Gasteiger partial charge is 0.358 e. The molecule has 0 aliphatic rings. The standard InChI is InChI=1S/C17H3Cl10NO2S/c1-30-17(29)14-15(2-4(18)8(22)12(26)9(23)5(2)19)31-16(28-14)3-6(20)10(24)13(27)11(25)7(3)21/h1H3. The van der Waals surface area contributed by atoms with E-state index in [0.717, 1.165) is 11.3 Å². The van der Waals surface area contributed by atoms with E-state index < -0.39 is 5.97 Å². The van der Waals surface area contributed by atoms with Crippen molar-refractivity contribution in [1.82, 2.24) is 4.98 Å². The van der Waals surface area contributed by atoms with Crippen LogP contribution in [0.2, 0.25) is 50.2 Å². The lowest BCUT2D eigenvalue weighted by Crippen LogP contribution is -2.04. The number of rotatable bonds is 3. The van der Waals surface area contributed by atoms with Gasteiger partial charge in [-0.3, -0.25) is 0 Å². The van der Waals surface area contributed by atoms with Crippen molar-refractivity contribution < 1.29 is 9.53 Å². The number of esters is 1. The molecular weight excluding hydrogens is 637 g/mol. The molecule has 0 atom stereocenters. The maximum atomic E-state index is 12.5. The van der Waals surface area contributed by atoms with Crippen molar-refractivity contribution in [3.05, 3.63) is 55.9 Å². The van der Waals surface area contributed by atoms with Crippen molar-refractivity contribution >= 4 is 133 Å². The van der Waals surface area contributed by atoms with Gasteiger partial charge in [-0.2, -0.15) is 0 Å². The molecule has 164 valence electrons. The third-order valence-corrected chi connectivity index (χ3v) is 9.51. The lowest BCUT2D eigenvalue weighted by molar-refractivity contribution is 0.0596. The average Bonchev–Trinajstić information content (AvgIpc) is 3.17. The van der Waals surface area contributed by atoms with Crippen LogP contribution < -0.4 is 0 Å². The summed E-state index contributed by atoms with van der Waals surface area (Å²) in [6.45, 7) is 0. The number of benzene rings is 2. The summed E-state index contributed by atoms with van der Waals surface area (Å²) in [5.74, 6) is -0.801.